The first-order valence-electron chi connectivity index (χ1n) is 7.69. The Hall–Kier alpha value is -2.24. The maximum atomic E-state index is 12.1. The summed E-state index contributed by atoms with van der Waals surface area (Å²) in [5.74, 6) is 0.118. The van der Waals surface area contributed by atoms with Gasteiger partial charge in [0.25, 0.3) is 0 Å². The smallest absolute Gasteiger partial charge is 0.409 e. The molecule has 1 N–H and O–H groups in total. The summed E-state index contributed by atoms with van der Waals surface area (Å²) in [6, 6.07) is 9.82. The fourth-order valence-electron chi connectivity index (χ4n) is 2.38. The van der Waals surface area contributed by atoms with E-state index in [-0.39, 0.29) is 12.0 Å². The van der Waals surface area contributed by atoms with Crippen LogP contribution in [0.5, 0.6) is 0 Å². The molecule has 1 aliphatic heterocycles. The van der Waals surface area contributed by atoms with Crippen LogP contribution in [0, 0.1) is 0 Å². The van der Waals surface area contributed by atoms with Gasteiger partial charge < -0.3 is 19.9 Å². The molecule has 0 aliphatic carbocycles. The molecule has 0 radical (unpaired) electrons. The standard InChI is InChI=1S/C16H23N3O3/c1-2-22-16(21)19-12-10-18(11-13-19)15(20)8-9-17-14-6-4-3-5-7-14/h3-7,17H,2,8-13H2,1H3. The van der Waals surface area contributed by atoms with Crippen LogP contribution in [0.2, 0.25) is 0 Å². The van der Waals surface area contributed by atoms with Crippen LogP contribution in [0.15, 0.2) is 30.3 Å². The van der Waals surface area contributed by atoms with Gasteiger partial charge in [-0.05, 0) is 19.1 Å². The number of rotatable bonds is 5. The number of carbonyl (C=O) groups excluding carboxylic acids is 2. The minimum atomic E-state index is -0.291. The zero-order valence-electron chi connectivity index (χ0n) is 13.0. The normalized spacial score (nSPS) is 14.6. The summed E-state index contributed by atoms with van der Waals surface area (Å²) in [6.07, 6.45) is 0.161. The Morgan fingerprint density at radius 1 is 1.09 bits per heavy atom. The van der Waals surface area contributed by atoms with Gasteiger partial charge in [-0.3, -0.25) is 4.79 Å². The van der Waals surface area contributed by atoms with E-state index >= 15 is 0 Å². The van der Waals surface area contributed by atoms with E-state index in [0.717, 1.165) is 5.69 Å². The molecule has 0 spiro atoms. The molecule has 0 atom stereocenters. The Labute approximate surface area is 131 Å². The molecule has 22 heavy (non-hydrogen) atoms. The maximum absolute atomic E-state index is 12.1. The summed E-state index contributed by atoms with van der Waals surface area (Å²) in [4.78, 5) is 27.2. The van der Waals surface area contributed by atoms with Crippen molar-refractivity contribution < 1.29 is 14.3 Å². The average molecular weight is 305 g/mol. The molecule has 1 aliphatic rings. The Morgan fingerprint density at radius 2 is 1.73 bits per heavy atom. The van der Waals surface area contributed by atoms with Gasteiger partial charge in [-0.25, -0.2) is 4.79 Å². The lowest BCUT2D eigenvalue weighted by atomic mass is 10.2. The van der Waals surface area contributed by atoms with Crippen molar-refractivity contribution in [1.82, 2.24) is 9.80 Å². The highest BCUT2D eigenvalue weighted by molar-refractivity contribution is 5.77. The van der Waals surface area contributed by atoms with Gasteiger partial charge in [-0.15, -0.1) is 0 Å². The van der Waals surface area contributed by atoms with Gasteiger partial charge in [-0.1, -0.05) is 18.2 Å². The maximum Gasteiger partial charge on any atom is 0.409 e. The monoisotopic (exact) mass is 305 g/mol. The molecular formula is C16H23N3O3. The Bertz CT molecular complexity index is 485. The zero-order valence-corrected chi connectivity index (χ0v) is 13.0. The molecule has 6 nitrogen and oxygen atoms in total. The van der Waals surface area contributed by atoms with Crippen molar-refractivity contribution in [2.75, 3.05) is 44.6 Å². The second-order valence-corrected chi connectivity index (χ2v) is 5.11. The topological polar surface area (TPSA) is 61.9 Å². The molecule has 0 saturated carbocycles. The van der Waals surface area contributed by atoms with Crippen LogP contribution >= 0.6 is 0 Å². The SMILES string of the molecule is CCOC(=O)N1CCN(C(=O)CCNc2ccccc2)CC1. The van der Waals surface area contributed by atoms with Crippen LogP contribution in [-0.2, 0) is 9.53 Å². The molecule has 120 valence electrons. The van der Waals surface area contributed by atoms with Crippen molar-refractivity contribution >= 4 is 17.7 Å². The fraction of sp³-hybridized carbons (Fsp3) is 0.500. The fourth-order valence-corrected chi connectivity index (χ4v) is 2.38. The van der Waals surface area contributed by atoms with E-state index in [1.165, 1.54) is 0 Å². The summed E-state index contributed by atoms with van der Waals surface area (Å²) in [7, 11) is 0. The van der Waals surface area contributed by atoms with Crippen LogP contribution in [0.4, 0.5) is 10.5 Å². The number of carbonyl (C=O) groups is 2. The summed E-state index contributed by atoms with van der Waals surface area (Å²) < 4.78 is 4.96. The molecule has 1 heterocycles. The van der Waals surface area contributed by atoms with Crippen LogP contribution < -0.4 is 5.32 Å². The Kier molecular flexibility index (Phi) is 6.06. The van der Waals surface area contributed by atoms with Crippen LogP contribution in [-0.4, -0.2) is 61.1 Å². The molecule has 2 rings (SSSR count). The van der Waals surface area contributed by atoms with Crippen molar-refractivity contribution in [2.45, 2.75) is 13.3 Å². The van der Waals surface area contributed by atoms with Crippen molar-refractivity contribution in [3.63, 3.8) is 0 Å². The van der Waals surface area contributed by atoms with Crippen molar-refractivity contribution in [3.05, 3.63) is 30.3 Å². The Balaban J connectivity index is 1.68. The van der Waals surface area contributed by atoms with Gasteiger partial charge >= 0.3 is 6.09 Å². The minimum absolute atomic E-state index is 0.118. The summed E-state index contributed by atoms with van der Waals surface area (Å²) in [5, 5.41) is 3.23. The van der Waals surface area contributed by atoms with Gasteiger partial charge in [0.1, 0.15) is 0 Å². The summed E-state index contributed by atoms with van der Waals surface area (Å²) in [5.41, 5.74) is 1.02. The minimum Gasteiger partial charge on any atom is -0.450 e. The Morgan fingerprint density at radius 3 is 2.36 bits per heavy atom. The zero-order chi connectivity index (χ0) is 15.8. The lowest BCUT2D eigenvalue weighted by Crippen LogP contribution is -2.50. The number of ether oxygens (including phenoxy) is 1. The third-order valence-electron chi connectivity index (χ3n) is 3.60. The quantitative estimate of drug-likeness (QED) is 0.901. The van der Waals surface area contributed by atoms with Crippen molar-refractivity contribution in [3.8, 4) is 0 Å². The van der Waals surface area contributed by atoms with E-state index in [2.05, 4.69) is 5.32 Å². The van der Waals surface area contributed by atoms with Gasteiger partial charge in [0.2, 0.25) is 5.91 Å². The number of amides is 2. The lowest BCUT2D eigenvalue weighted by Gasteiger charge is -2.34. The van der Waals surface area contributed by atoms with Gasteiger partial charge in [0, 0.05) is 44.8 Å². The molecule has 6 heteroatoms. The van der Waals surface area contributed by atoms with Crippen LogP contribution in [0.25, 0.3) is 0 Å². The number of nitrogens with one attached hydrogen (secondary N) is 1. The van der Waals surface area contributed by atoms with E-state index in [0.29, 0.717) is 45.8 Å². The van der Waals surface area contributed by atoms with Gasteiger partial charge in [0.05, 0.1) is 6.61 Å². The summed E-state index contributed by atoms with van der Waals surface area (Å²) >= 11 is 0. The third kappa shape index (κ3) is 4.65. The van der Waals surface area contributed by atoms with E-state index in [9.17, 15) is 9.59 Å². The molecule has 1 fully saturated rings. The van der Waals surface area contributed by atoms with Gasteiger partial charge in [0.15, 0.2) is 0 Å². The highest BCUT2D eigenvalue weighted by Crippen LogP contribution is 2.07. The highest BCUT2D eigenvalue weighted by Gasteiger charge is 2.24. The van der Waals surface area contributed by atoms with Gasteiger partial charge in [-0.2, -0.15) is 0 Å². The number of hydrogen-bond donors (Lipinski definition) is 1. The van der Waals surface area contributed by atoms with E-state index in [1.54, 1.807) is 11.8 Å². The van der Waals surface area contributed by atoms with Crippen LogP contribution in [0.3, 0.4) is 0 Å². The average Bonchev–Trinajstić information content (AvgIpc) is 2.56. The van der Waals surface area contributed by atoms with E-state index in [4.69, 9.17) is 4.74 Å². The number of benzene rings is 1. The number of piperazine rings is 1. The second kappa shape index (κ2) is 8.26. The first kappa shape index (κ1) is 16.1. The first-order chi connectivity index (χ1) is 10.7. The highest BCUT2D eigenvalue weighted by atomic mass is 16.6. The number of hydrogen-bond acceptors (Lipinski definition) is 4. The molecule has 2 amide bonds. The van der Waals surface area contributed by atoms with E-state index < -0.39 is 0 Å². The summed E-state index contributed by atoms with van der Waals surface area (Å²) in [6.45, 7) is 5.00. The molecule has 1 aromatic carbocycles. The van der Waals surface area contributed by atoms with E-state index in [1.807, 2.05) is 35.2 Å². The largest absolute Gasteiger partial charge is 0.450 e. The molecule has 1 saturated heterocycles. The molecule has 1 aromatic rings. The predicted octanol–water partition coefficient (Wildman–Crippen LogP) is 1.79. The molecule has 0 aromatic heterocycles. The number of para-hydroxylation sites is 1. The lowest BCUT2D eigenvalue weighted by molar-refractivity contribution is -0.132. The van der Waals surface area contributed by atoms with Crippen molar-refractivity contribution in [1.29, 1.82) is 0 Å². The second-order valence-electron chi connectivity index (χ2n) is 5.11. The molecular weight excluding hydrogens is 282 g/mol. The van der Waals surface area contributed by atoms with Crippen LogP contribution in [0.1, 0.15) is 13.3 Å². The first-order valence-corrected chi connectivity index (χ1v) is 7.69. The van der Waals surface area contributed by atoms with Crippen molar-refractivity contribution in [2.24, 2.45) is 0 Å². The molecule has 0 unspecified atom stereocenters. The molecule has 0 bridgehead atoms. The predicted molar refractivity (Wildman–Crippen MR) is 84.7 cm³/mol. The number of anilines is 1. The number of nitrogens with zero attached hydrogens (tertiary/aromatic N) is 2. The third-order valence-corrected chi connectivity index (χ3v) is 3.60.